The van der Waals surface area contributed by atoms with Gasteiger partial charge in [0.05, 0.1) is 12.6 Å². The predicted octanol–water partition coefficient (Wildman–Crippen LogP) is 0.763. The fourth-order valence-electron chi connectivity index (χ4n) is 3.38. The molecule has 5 atom stereocenters. The largest absolute Gasteiger partial charge is 0.387 e. The number of nitrogens with one attached hydrogen (secondary N) is 2. The van der Waals surface area contributed by atoms with Crippen LogP contribution in [0.25, 0.3) is 0 Å². The lowest BCUT2D eigenvalue weighted by molar-refractivity contribution is -0.217. The summed E-state index contributed by atoms with van der Waals surface area (Å²) in [5, 5.41) is 17.1. The van der Waals surface area contributed by atoms with Crippen LogP contribution in [0, 0.1) is 0 Å². The summed E-state index contributed by atoms with van der Waals surface area (Å²) in [4.78, 5) is 4.46. The Bertz CT molecular complexity index is 628. The number of benzene rings is 1. The van der Waals surface area contributed by atoms with Crippen LogP contribution < -0.4 is 10.6 Å². The summed E-state index contributed by atoms with van der Waals surface area (Å²) in [7, 11) is 0. The highest BCUT2D eigenvalue weighted by atomic mass is 35.5. The Hall–Kier alpha value is -1.38. The molecule has 0 saturated carbocycles. The van der Waals surface area contributed by atoms with Gasteiger partial charge in [-0.3, -0.25) is 4.99 Å². The van der Waals surface area contributed by atoms with E-state index in [-0.39, 0.29) is 18.4 Å². The second-order valence-electron chi connectivity index (χ2n) is 6.84. The summed E-state index contributed by atoms with van der Waals surface area (Å²) >= 11 is 0. The summed E-state index contributed by atoms with van der Waals surface area (Å²) in [6.45, 7) is 4.87. The maximum Gasteiger partial charge on any atom is 0.191 e. The van der Waals surface area contributed by atoms with Crippen LogP contribution in [0.4, 0.5) is 0 Å². The number of aliphatic imine (C=N–C) groups is 1. The van der Waals surface area contributed by atoms with E-state index in [1.165, 1.54) is 5.56 Å². The van der Waals surface area contributed by atoms with Crippen LogP contribution in [0.15, 0.2) is 35.3 Å². The molecule has 0 aromatic heterocycles. The van der Waals surface area contributed by atoms with Crippen LogP contribution in [-0.4, -0.2) is 54.0 Å². The molecular weight excluding hydrogens is 346 g/mol. The standard InChI is InChI=1S/C17H23N3O4.ClH/c1-17(2)23-14-12(21)13(22-15(14)24-17)11-9-19-16(20-11)18-8-10-6-4-3-5-7-10;/h3-7,11-15,21H,8-9H2,1-2H3,(H2,18,19,20);1H/t11-,12+,13+,14-,15-;/m1./s1. The van der Waals surface area contributed by atoms with Crippen molar-refractivity contribution in [3.8, 4) is 0 Å². The highest BCUT2D eigenvalue weighted by Gasteiger charge is 2.56. The predicted molar refractivity (Wildman–Crippen MR) is 94.5 cm³/mol. The van der Waals surface area contributed by atoms with E-state index < -0.39 is 30.4 Å². The molecule has 3 N–H and O–H groups in total. The first-order chi connectivity index (χ1) is 11.5. The molecule has 1 aromatic carbocycles. The molecule has 0 radical (unpaired) electrons. The number of halogens is 1. The number of fused-ring (bicyclic) bond motifs is 1. The highest BCUT2D eigenvalue weighted by molar-refractivity contribution is 5.85. The molecule has 0 spiro atoms. The fourth-order valence-corrected chi connectivity index (χ4v) is 3.38. The molecule has 3 aliphatic heterocycles. The normalized spacial score (nSPS) is 35.5. The number of aliphatic hydroxyl groups excluding tert-OH is 1. The SMILES string of the molecule is CC1(C)O[C@H]2O[C@@H]([C@H]3CN=C(NCc4ccccc4)N3)[C@H](O)[C@H]2O1.Cl. The van der Waals surface area contributed by atoms with Gasteiger partial charge in [0.15, 0.2) is 18.0 Å². The fraction of sp³-hybridized carbons (Fsp3) is 0.588. The number of hydrogen-bond acceptors (Lipinski definition) is 7. The van der Waals surface area contributed by atoms with Gasteiger partial charge in [-0.1, -0.05) is 30.3 Å². The molecular formula is C17H24ClN3O4. The summed E-state index contributed by atoms with van der Waals surface area (Å²) < 4.78 is 17.3. The van der Waals surface area contributed by atoms with Gasteiger partial charge in [0.1, 0.15) is 18.3 Å². The summed E-state index contributed by atoms with van der Waals surface area (Å²) in [6, 6.07) is 10.0. The van der Waals surface area contributed by atoms with Crippen LogP contribution in [0.2, 0.25) is 0 Å². The Labute approximate surface area is 153 Å². The van der Waals surface area contributed by atoms with Gasteiger partial charge in [-0.25, -0.2) is 0 Å². The minimum atomic E-state index is -0.738. The maximum atomic E-state index is 10.5. The average Bonchev–Trinajstić information content (AvgIpc) is 3.21. The molecule has 8 heteroatoms. The van der Waals surface area contributed by atoms with Gasteiger partial charge in [0, 0.05) is 6.54 Å². The van der Waals surface area contributed by atoms with Gasteiger partial charge in [-0.2, -0.15) is 0 Å². The van der Waals surface area contributed by atoms with Crippen LogP contribution in [0.1, 0.15) is 19.4 Å². The molecule has 2 saturated heterocycles. The third-order valence-corrected chi connectivity index (χ3v) is 4.52. The van der Waals surface area contributed by atoms with Crippen molar-refractivity contribution < 1.29 is 19.3 Å². The quantitative estimate of drug-likeness (QED) is 0.729. The molecule has 0 aliphatic carbocycles. The lowest BCUT2D eigenvalue weighted by Crippen LogP contribution is -2.50. The maximum absolute atomic E-state index is 10.5. The first kappa shape index (κ1) is 18.4. The number of nitrogens with zero attached hydrogens (tertiary/aromatic N) is 1. The molecule has 4 rings (SSSR count). The summed E-state index contributed by atoms with van der Waals surface area (Å²) in [5.74, 6) is 0.00222. The lowest BCUT2D eigenvalue weighted by Gasteiger charge is -2.26. The number of aliphatic hydroxyl groups is 1. The molecule has 25 heavy (non-hydrogen) atoms. The number of rotatable bonds is 3. The van der Waals surface area contributed by atoms with Crippen molar-refractivity contribution in [3.05, 3.63) is 35.9 Å². The van der Waals surface area contributed by atoms with E-state index in [0.29, 0.717) is 13.1 Å². The zero-order chi connectivity index (χ0) is 16.7. The molecule has 0 bridgehead atoms. The Morgan fingerprint density at radius 2 is 2.00 bits per heavy atom. The van der Waals surface area contributed by atoms with Gasteiger partial charge in [-0.15, -0.1) is 12.4 Å². The molecule has 7 nitrogen and oxygen atoms in total. The molecule has 3 aliphatic rings. The monoisotopic (exact) mass is 369 g/mol. The van der Waals surface area contributed by atoms with E-state index in [2.05, 4.69) is 27.8 Å². The zero-order valence-corrected chi connectivity index (χ0v) is 15.0. The van der Waals surface area contributed by atoms with Gasteiger partial charge in [-0.05, 0) is 19.4 Å². The second kappa shape index (κ2) is 7.09. The van der Waals surface area contributed by atoms with Crippen LogP contribution in [0.3, 0.4) is 0 Å². The molecule has 0 unspecified atom stereocenters. The third kappa shape index (κ3) is 3.75. The van der Waals surface area contributed by atoms with Crippen molar-refractivity contribution in [2.24, 2.45) is 4.99 Å². The van der Waals surface area contributed by atoms with Crippen molar-refractivity contribution in [1.82, 2.24) is 10.6 Å². The van der Waals surface area contributed by atoms with E-state index in [4.69, 9.17) is 14.2 Å². The average molecular weight is 370 g/mol. The van der Waals surface area contributed by atoms with E-state index in [1.54, 1.807) is 0 Å². The number of ether oxygens (including phenoxy) is 3. The second-order valence-corrected chi connectivity index (χ2v) is 6.84. The number of hydrogen-bond donors (Lipinski definition) is 3. The Morgan fingerprint density at radius 1 is 1.24 bits per heavy atom. The summed E-state index contributed by atoms with van der Waals surface area (Å²) in [6.07, 6.45) is -2.12. The first-order valence-corrected chi connectivity index (χ1v) is 8.30. The molecule has 0 amide bonds. The van der Waals surface area contributed by atoms with Gasteiger partial charge < -0.3 is 30.0 Å². The van der Waals surface area contributed by atoms with E-state index in [1.807, 2.05) is 32.0 Å². The van der Waals surface area contributed by atoms with Crippen LogP contribution in [-0.2, 0) is 20.8 Å². The van der Waals surface area contributed by atoms with Crippen molar-refractivity contribution in [3.63, 3.8) is 0 Å². The molecule has 3 heterocycles. The van der Waals surface area contributed by atoms with Crippen molar-refractivity contribution in [2.75, 3.05) is 6.54 Å². The highest BCUT2D eigenvalue weighted by Crippen LogP contribution is 2.38. The van der Waals surface area contributed by atoms with E-state index in [9.17, 15) is 5.11 Å². The molecule has 2 fully saturated rings. The van der Waals surface area contributed by atoms with E-state index >= 15 is 0 Å². The van der Waals surface area contributed by atoms with Crippen molar-refractivity contribution >= 4 is 18.4 Å². The Morgan fingerprint density at radius 3 is 2.72 bits per heavy atom. The summed E-state index contributed by atoms with van der Waals surface area (Å²) in [5.41, 5.74) is 1.18. The van der Waals surface area contributed by atoms with Crippen molar-refractivity contribution in [2.45, 2.75) is 56.8 Å². The van der Waals surface area contributed by atoms with Gasteiger partial charge in [0.2, 0.25) is 0 Å². The number of guanidine groups is 1. The van der Waals surface area contributed by atoms with Crippen LogP contribution in [0.5, 0.6) is 0 Å². The van der Waals surface area contributed by atoms with Crippen molar-refractivity contribution in [1.29, 1.82) is 0 Å². The topological polar surface area (TPSA) is 84.3 Å². The minimum absolute atomic E-state index is 0. The molecule has 1 aromatic rings. The third-order valence-electron chi connectivity index (χ3n) is 4.52. The Balaban J connectivity index is 0.00000182. The zero-order valence-electron chi connectivity index (χ0n) is 14.2. The smallest absolute Gasteiger partial charge is 0.191 e. The minimum Gasteiger partial charge on any atom is -0.387 e. The van der Waals surface area contributed by atoms with Gasteiger partial charge >= 0.3 is 0 Å². The van der Waals surface area contributed by atoms with E-state index in [0.717, 1.165) is 5.96 Å². The Kier molecular flexibility index (Phi) is 5.22. The van der Waals surface area contributed by atoms with Crippen LogP contribution >= 0.6 is 12.4 Å². The molecule has 138 valence electrons. The lowest BCUT2D eigenvalue weighted by atomic mass is 10.0. The first-order valence-electron chi connectivity index (χ1n) is 8.30. The van der Waals surface area contributed by atoms with Gasteiger partial charge in [0.25, 0.3) is 0 Å².